The Morgan fingerprint density at radius 2 is 1.80 bits per heavy atom. The Morgan fingerprint density at radius 3 is 2.40 bits per heavy atom. The Bertz CT molecular complexity index is 1520. The SMILES string of the molecule is CS(=O)(=O)c1ccc(Oc2ccc(CN3CCC(N(C(=O)Nc4ccc(F)cc4)c4ccsc4)CC3)cn2)cc1. The minimum Gasteiger partial charge on any atom is -0.439 e. The Kier molecular flexibility index (Phi) is 8.43. The molecule has 1 fully saturated rings. The minimum absolute atomic E-state index is 0.0364. The van der Waals surface area contributed by atoms with E-state index in [2.05, 4.69) is 15.2 Å². The number of piperidine rings is 1. The van der Waals surface area contributed by atoms with E-state index in [0.717, 1.165) is 50.0 Å². The number of nitrogens with zero attached hydrogens (tertiary/aromatic N) is 3. The van der Waals surface area contributed by atoms with Crippen LogP contribution < -0.4 is 15.0 Å². The number of pyridine rings is 1. The summed E-state index contributed by atoms with van der Waals surface area (Å²) in [5.74, 6) is 0.583. The van der Waals surface area contributed by atoms with Gasteiger partial charge >= 0.3 is 6.03 Å². The molecule has 1 aliphatic heterocycles. The van der Waals surface area contributed by atoms with Crippen LogP contribution in [0.15, 0.2) is 88.6 Å². The quantitative estimate of drug-likeness (QED) is 0.268. The van der Waals surface area contributed by atoms with Gasteiger partial charge in [0.25, 0.3) is 0 Å². The third-order valence-corrected chi connectivity index (χ3v) is 8.50. The van der Waals surface area contributed by atoms with Crippen molar-refractivity contribution >= 4 is 38.6 Å². The molecule has 2 aromatic carbocycles. The van der Waals surface area contributed by atoms with Crippen LogP contribution in [0.4, 0.5) is 20.6 Å². The van der Waals surface area contributed by atoms with Gasteiger partial charge < -0.3 is 10.1 Å². The van der Waals surface area contributed by atoms with Crippen LogP contribution in [0.1, 0.15) is 18.4 Å². The van der Waals surface area contributed by atoms with Crippen LogP contribution in [-0.2, 0) is 16.4 Å². The highest BCUT2D eigenvalue weighted by atomic mass is 32.2. The summed E-state index contributed by atoms with van der Waals surface area (Å²) in [6.45, 7) is 2.36. The van der Waals surface area contributed by atoms with Crippen molar-refractivity contribution < 1.29 is 22.3 Å². The maximum absolute atomic E-state index is 13.3. The normalized spacial score (nSPS) is 14.6. The van der Waals surface area contributed by atoms with Gasteiger partial charge in [-0.2, -0.15) is 11.3 Å². The highest BCUT2D eigenvalue weighted by molar-refractivity contribution is 7.90. The van der Waals surface area contributed by atoms with Crippen LogP contribution in [0.3, 0.4) is 0 Å². The molecule has 1 N–H and O–H groups in total. The van der Waals surface area contributed by atoms with E-state index in [-0.39, 0.29) is 22.8 Å². The summed E-state index contributed by atoms with van der Waals surface area (Å²) in [6, 6.07) is 17.5. The lowest BCUT2D eigenvalue weighted by Gasteiger charge is -2.38. The summed E-state index contributed by atoms with van der Waals surface area (Å²) in [7, 11) is -3.26. The second-order valence-corrected chi connectivity index (χ2v) is 12.4. The van der Waals surface area contributed by atoms with Gasteiger partial charge in [-0.15, -0.1) is 0 Å². The number of sulfone groups is 1. The van der Waals surface area contributed by atoms with Gasteiger partial charge in [-0.05, 0) is 78.4 Å². The van der Waals surface area contributed by atoms with Gasteiger partial charge in [0.15, 0.2) is 9.84 Å². The van der Waals surface area contributed by atoms with Crippen LogP contribution in [0.25, 0.3) is 0 Å². The number of urea groups is 1. The number of carbonyl (C=O) groups excluding carboxylic acids is 1. The topological polar surface area (TPSA) is 91.8 Å². The summed E-state index contributed by atoms with van der Waals surface area (Å²) in [4.78, 5) is 22.0. The van der Waals surface area contributed by atoms with Crippen molar-refractivity contribution in [2.75, 3.05) is 29.6 Å². The van der Waals surface area contributed by atoms with E-state index in [0.29, 0.717) is 17.3 Å². The lowest BCUT2D eigenvalue weighted by Crippen LogP contribution is -2.48. The van der Waals surface area contributed by atoms with E-state index in [1.54, 1.807) is 36.5 Å². The zero-order chi connectivity index (χ0) is 28.1. The average Bonchev–Trinajstić information content (AvgIpc) is 3.46. The number of hydrogen-bond acceptors (Lipinski definition) is 7. The van der Waals surface area contributed by atoms with Crippen LogP contribution in [0, 0.1) is 5.82 Å². The molecular weight excluding hydrogens is 551 g/mol. The van der Waals surface area contributed by atoms with Crippen molar-refractivity contribution in [3.63, 3.8) is 0 Å². The zero-order valence-electron chi connectivity index (χ0n) is 21.9. The lowest BCUT2D eigenvalue weighted by atomic mass is 10.0. The van der Waals surface area contributed by atoms with E-state index in [1.165, 1.54) is 35.6 Å². The van der Waals surface area contributed by atoms with Crippen LogP contribution in [0.2, 0.25) is 0 Å². The molecule has 0 aliphatic carbocycles. The standard InChI is InChI=1S/C29H29FN4O4S2/c1-40(36,37)27-9-7-26(8-10-27)38-28-11-2-21(18-31-28)19-33-15-12-24(13-16-33)34(25-14-17-39-20-25)29(35)32-23-5-3-22(30)4-6-23/h2-11,14,17-18,20,24H,12-13,15-16,19H2,1H3,(H,32,35). The van der Waals surface area contributed by atoms with E-state index in [4.69, 9.17) is 4.74 Å². The number of amides is 2. The van der Waals surface area contributed by atoms with Gasteiger partial charge in [-0.25, -0.2) is 22.6 Å². The first kappa shape index (κ1) is 27.8. The molecule has 5 rings (SSSR count). The molecule has 0 unspecified atom stereocenters. The van der Waals surface area contributed by atoms with Crippen molar-refractivity contribution in [1.29, 1.82) is 0 Å². The Labute approximate surface area is 237 Å². The van der Waals surface area contributed by atoms with Gasteiger partial charge in [0, 0.05) is 55.3 Å². The summed E-state index contributed by atoms with van der Waals surface area (Å²) in [6.07, 6.45) is 4.56. The van der Waals surface area contributed by atoms with Crippen molar-refractivity contribution in [3.8, 4) is 11.6 Å². The smallest absolute Gasteiger partial charge is 0.326 e. The van der Waals surface area contributed by atoms with Crippen LogP contribution >= 0.6 is 11.3 Å². The number of thiophene rings is 1. The highest BCUT2D eigenvalue weighted by Crippen LogP contribution is 2.28. The molecular formula is C29H29FN4O4S2. The molecule has 0 spiro atoms. The molecule has 8 nitrogen and oxygen atoms in total. The first-order valence-corrected chi connectivity index (χ1v) is 15.6. The summed E-state index contributed by atoms with van der Waals surface area (Å²) >= 11 is 1.54. The molecule has 40 heavy (non-hydrogen) atoms. The predicted molar refractivity (Wildman–Crippen MR) is 154 cm³/mol. The number of ether oxygens (including phenoxy) is 1. The Morgan fingerprint density at radius 1 is 1.07 bits per heavy atom. The molecule has 2 aromatic heterocycles. The van der Waals surface area contributed by atoms with E-state index in [9.17, 15) is 17.6 Å². The van der Waals surface area contributed by atoms with Gasteiger partial charge in [0.1, 0.15) is 11.6 Å². The molecule has 3 heterocycles. The largest absolute Gasteiger partial charge is 0.439 e. The number of anilines is 2. The second-order valence-electron chi connectivity index (χ2n) is 9.65. The molecule has 1 saturated heterocycles. The first-order chi connectivity index (χ1) is 19.2. The molecule has 2 amide bonds. The number of halogens is 1. The third-order valence-electron chi connectivity index (χ3n) is 6.70. The molecule has 208 valence electrons. The molecule has 1 aliphatic rings. The number of likely N-dealkylation sites (tertiary alicyclic amines) is 1. The maximum Gasteiger partial charge on any atom is 0.326 e. The van der Waals surface area contributed by atoms with Crippen molar-refractivity contribution in [2.45, 2.75) is 30.3 Å². The highest BCUT2D eigenvalue weighted by Gasteiger charge is 2.29. The molecule has 4 aromatic rings. The second kappa shape index (κ2) is 12.2. The van der Waals surface area contributed by atoms with Gasteiger partial charge in [-0.3, -0.25) is 9.80 Å². The van der Waals surface area contributed by atoms with Gasteiger partial charge in [0.05, 0.1) is 10.6 Å². The van der Waals surface area contributed by atoms with Gasteiger partial charge in [0.2, 0.25) is 5.88 Å². The molecule has 11 heteroatoms. The number of hydrogen-bond donors (Lipinski definition) is 1. The van der Waals surface area contributed by atoms with E-state index in [1.807, 2.05) is 27.8 Å². The maximum atomic E-state index is 13.3. The summed E-state index contributed by atoms with van der Waals surface area (Å²) < 4.78 is 42.3. The van der Waals surface area contributed by atoms with E-state index >= 15 is 0 Å². The number of carbonyl (C=O) groups is 1. The fourth-order valence-electron chi connectivity index (χ4n) is 4.64. The Balaban J connectivity index is 1.16. The van der Waals surface area contributed by atoms with Crippen LogP contribution in [0.5, 0.6) is 11.6 Å². The van der Waals surface area contributed by atoms with Crippen LogP contribution in [-0.4, -0.2) is 49.7 Å². The summed E-state index contributed by atoms with van der Waals surface area (Å²) in [5, 5.41) is 6.82. The summed E-state index contributed by atoms with van der Waals surface area (Å²) in [5.41, 5.74) is 2.45. The Hall–Kier alpha value is -3.80. The van der Waals surface area contributed by atoms with Crippen molar-refractivity contribution in [3.05, 3.63) is 95.1 Å². The number of nitrogens with one attached hydrogen (secondary N) is 1. The van der Waals surface area contributed by atoms with Gasteiger partial charge in [-0.1, -0.05) is 6.07 Å². The first-order valence-electron chi connectivity index (χ1n) is 12.8. The average molecular weight is 581 g/mol. The third kappa shape index (κ3) is 7.04. The van der Waals surface area contributed by atoms with Crippen molar-refractivity contribution in [1.82, 2.24) is 9.88 Å². The predicted octanol–water partition coefficient (Wildman–Crippen LogP) is 6.18. The lowest BCUT2D eigenvalue weighted by molar-refractivity contribution is 0.199. The molecule has 0 saturated carbocycles. The number of aromatic nitrogens is 1. The molecule has 0 atom stereocenters. The molecule has 0 bridgehead atoms. The molecule has 0 radical (unpaired) electrons. The minimum atomic E-state index is -3.26. The number of rotatable bonds is 8. The van der Waals surface area contributed by atoms with Crippen molar-refractivity contribution in [2.24, 2.45) is 0 Å². The fourth-order valence-corrected chi connectivity index (χ4v) is 5.90. The zero-order valence-corrected chi connectivity index (χ0v) is 23.5. The fraction of sp³-hybridized carbons (Fsp3) is 0.241. The number of benzene rings is 2. The van der Waals surface area contributed by atoms with E-state index < -0.39 is 9.84 Å². The monoisotopic (exact) mass is 580 g/mol.